The predicted molar refractivity (Wildman–Crippen MR) is 113 cm³/mol. The van der Waals surface area contributed by atoms with Crippen LogP contribution in [0.5, 0.6) is 0 Å². The maximum Gasteiger partial charge on any atom is 0.324 e. The van der Waals surface area contributed by atoms with Crippen molar-refractivity contribution in [3.63, 3.8) is 0 Å². The summed E-state index contributed by atoms with van der Waals surface area (Å²) in [4.78, 5) is 12.7. The smallest absolute Gasteiger partial charge is 0.308 e. The van der Waals surface area contributed by atoms with Gasteiger partial charge in [-0.3, -0.25) is 5.32 Å². The minimum atomic E-state index is -0.268. The Hall–Kier alpha value is -3.08. The van der Waals surface area contributed by atoms with Crippen LogP contribution in [0.25, 0.3) is 5.69 Å². The first-order valence-corrected chi connectivity index (χ1v) is 9.76. The highest BCUT2D eigenvalue weighted by Gasteiger charge is 2.21. The van der Waals surface area contributed by atoms with Crippen molar-refractivity contribution in [2.24, 2.45) is 0 Å². The van der Waals surface area contributed by atoms with Gasteiger partial charge in [0.1, 0.15) is 5.82 Å². The molecule has 2 N–H and O–H groups in total. The number of para-hydroxylation sites is 1. The summed E-state index contributed by atoms with van der Waals surface area (Å²) in [6, 6.07) is 17.7. The number of nitrogens with zero attached hydrogens (tertiary/aromatic N) is 2. The number of urea groups is 1. The number of carbonyl (C=O) groups is 1. The highest BCUT2D eigenvalue weighted by molar-refractivity contribution is 5.99. The second kappa shape index (κ2) is 7.15. The highest BCUT2D eigenvalue weighted by atomic mass is 16.2. The molecule has 1 heterocycles. The Morgan fingerprint density at radius 1 is 0.964 bits per heavy atom. The van der Waals surface area contributed by atoms with E-state index in [-0.39, 0.29) is 11.4 Å². The maximum atomic E-state index is 12.7. The number of fused-ring (bicyclic) bond motifs is 1. The lowest BCUT2D eigenvalue weighted by atomic mass is 9.92. The molecule has 0 fully saturated rings. The largest absolute Gasteiger partial charge is 0.324 e. The second-order valence-corrected chi connectivity index (χ2v) is 8.33. The number of amides is 2. The lowest BCUT2D eigenvalue weighted by molar-refractivity contribution is 0.262. The number of hydrogen-bond acceptors (Lipinski definition) is 2. The van der Waals surface area contributed by atoms with Crippen LogP contribution < -0.4 is 10.6 Å². The van der Waals surface area contributed by atoms with Gasteiger partial charge in [-0.05, 0) is 54.7 Å². The third kappa shape index (κ3) is 3.79. The van der Waals surface area contributed by atoms with Gasteiger partial charge in [0.25, 0.3) is 0 Å². The van der Waals surface area contributed by atoms with Crippen molar-refractivity contribution < 1.29 is 4.79 Å². The monoisotopic (exact) mass is 374 g/mol. The molecule has 28 heavy (non-hydrogen) atoms. The van der Waals surface area contributed by atoms with Crippen LogP contribution in [0.15, 0.2) is 54.6 Å². The van der Waals surface area contributed by atoms with E-state index in [9.17, 15) is 4.79 Å². The molecule has 0 saturated carbocycles. The third-order valence-electron chi connectivity index (χ3n) is 5.08. The molecule has 0 aliphatic heterocycles. The molecule has 5 heteroatoms. The van der Waals surface area contributed by atoms with E-state index in [4.69, 9.17) is 5.10 Å². The molecule has 0 atom stereocenters. The van der Waals surface area contributed by atoms with Gasteiger partial charge < -0.3 is 5.32 Å². The molecule has 1 aromatic heterocycles. The number of carbonyl (C=O) groups excluding carboxylic acids is 1. The molecule has 2 amide bonds. The van der Waals surface area contributed by atoms with Crippen LogP contribution in [0.2, 0.25) is 0 Å². The number of benzene rings is 2. The van der Waals surface area contributed by atoms with Crippen LogP contribution in [0.1, 0.15) is 44.0 Å². The molecule has 1 aliphatic carbocycles. The van der Waals surface area contributed by atoms with E-state index in [1.54, 1.807) is 4.68 Å². The van der Waals surface area contributed by atoms with E-state index in [1.807, 2.05) is 42.5 Å². The van der Waals surface area contributed by atoms with Gasteiger partial charge in [0.15, 0.2) is 0 Å². The van der Waals surface area contributed by atoms with Gasteiger partial charge in [-0.25, -0.2) is 9.48 Å². The molecule has 0 radical (unpaired) electrons. The summed E-state index contributed by atoms with van der Waals surface area (Å²) in [5.74, 6) is 0.648. The number of aromatic nitrogens is 2. The zero-order chi connectivity index (χ0) is 19.7. The molecule has 1 aliphatic rings. The molecule has 3 aromatic rings. The first-order chi connectivity index (χ1) is 13.4. The standard InChI is InChI=1S/C23H26N4O/c1-23(2,3)20-15-21(27(26-20)19-10-5-4-6-11-19)25-22(28)24-18-13-12-16-8-7-9-17(16)14-18/h4-6,10-15H,7-9H2,1-3H3,(H2,24,25,28). The Bertz CT molecular complexity index is 999. The molecule has 5 nitrogen and oxygen atoms in total. The van der Waals surface area contributed by atoms with Crippen molar-refractivity contribution in [2.75, 3.05) is 10.6 Å². The summed E-state index contributed by atoms with van der Waals surface area (Å²) < 4.78 is 1.78. The molecule has 144 valence electrons. The van der Waals surface area contributed by atoms with Gasteiger partial charge in [-0.15, -0.1) is 0 Å². The fourth-order valence-corrected chi connectivity index (χ4v) is 3.53. The highest BCUT2D eigenvalue weighted by Crippen LogP contribution is 2.27. The number of aryl methyl sites for hydroxylation is 2. The average Bonchev–Trinajstić information content (AvgIpc) is 3.28. The van der Waals surface area contributed by atoms with Gasteiger partial charge in [0.05, 0.1) is 11.4 Å². The first-order valence-electron chi connectivity index (χ1n) is 9.76. The average molecular weight is 374 g/mol. The van der Waals surface area contributed by atoms with Crippen LogP contribution in [-0.2, 0) is 18.3 Å². The van der Waals surface area contributed by atoms with E-state index in [0.29, 0.717) is 5.82 Å². The van der Waals surface area contributed by atoms with Gasteiger partial charge in [-0.1, -0.05) is 45.0 Å². The lowest BCUT2D eigenvalue weighted by Crippen LogP contribution is -2.21. The van der Waals surface area contributed by atoms with Crippen LogP contribution in [0, 0.1) is 0 Å². The zero-order valence-corrected chi connectivity index (χ0v) is 16.6. The Balaban J connectivity index is 1.58. The molecular weight excluding hydrogens is 348 g/mol. The second-order valence-electron chi connectivity index (χ2n) is 8.33. The summed E-state index contributed by atoms with van der Waals surface area (Å²) in [5.41, 5.74) is 5.26. The van der Waals surface area contributed by atoms with Crippen molar-refractivity contribution in [2.45, 2.75) is 45.4 Å². The Kier molecular flexibility index (Phi) is 4.67. The summed E-state index contributed by atoms with van der Waals surface area (Å²) in [7, 11) is 0. The molecule has 0 unspecified atom stereocenters. The Morgan fingerprint density at radius 3 is 2.46 bits per heavy atom. The van der Waals surface area contributed by atoms with E-state index in [0.717, 1.165) is 29.9 Å². The van der Waals surface area contributed by atoms with Gasteiger partial charge in [0, 0.05) is 17.2 Å². The van der Waals surface area contributed by atoms with Crippen LogP contribution in [-0.4, -0.2) is 15.8 Å². The fourth-order valence-electron chi connectivity index (χ4n) is 3.53. The minimum absolute atomic E-state index is 0.118. The van der Waals surface area contributed by atoms with Gasteiger partial charge in [0.2, 0.25) is 0 Å². The minimum Gasteiger partial charge on any atom is -0.308 e. The van der Waals surface area contributed by atoms with Crippen molar-refractivity contribution in [3.05, 3.63) is 71.4 Å². The predicted octanol–water partition coefficient (Wildman–Crippen LogP) is 5.30. The van der Waals surface area contributed by atoms with E-state index >= 15 is 0 Å². The normalized spacial score (nSPS) is 13.2. The van der Waals surface area contributed by atoms with Gasteiger partial charge >= 0.3 is 6.03 Å². The molecular formula is C23H26N4O. The zero-order valence-electron chi connectivity index (χ0n) is 16.6. The van der Waals surface area contributed by atoms with Crippen LogP contribution in [0.4, 0.5) is 16.3 Å². The molecule has 0 bridgehead atoms. The molecule has 0 saturated heterocycles. The van der Waals surface area contributed by atoms with Crippen LogP contribution in [0.3, 0.4) is 0 Å². The Morgan fingerprint density at radius 2 is 1.71 bits per heavy atom. The van der Waals surface area contributed by atoms with Crippen molar-refractivity contribution in [1.29, 1.82) is 0 Å². The summed E-state index contributed by atoms with van der Waals surface area (Å²) in [6.07, 6.45) is 3.41. The Labute approximate surface area is 165 Å². The SMILES string of the molecule is CC(C)(C)c1cc(NC(=O)Nc2ccc3c(c2)CCC3)n(-c2ccccc2)n1. The van der Waals surface area contributed by atoms with E-state index < -0.39 is 0 Å². The third-order valence-corrected chi connectivity index (χ3v) is 5.08. The fraction of sp³-hybridized carbons (Fsp3) is 0.304. The topological polar surface area (TPSA) is 59.0 Å². The summed E-state index contributed by atoms with van der Waals surface area (Å²) >= 11 is 0. The summed E-state index contributed by atoms with van der Waals surface area (Å²) in [6.45, 7) is 6.33. The van der Waals surface area contributed by atoms with E-state index in [2.05, 4.69) is 43.5 Å². The maximum absolute atomic E-state index is 12.7. The van der Waals surface area contributed by atoms with Crippen LogP contribution >= 0.6 is 0 Å². The van der Waals surface area contributed by atoms with Crippen molar-refractivity contribution >= 4 is 17.5 Å². The van der Waals surface area contributed by atoms with E-state index in [1.165, 1.54) is 17.5 Å². The quantitative estimate of drug-likeness (QED) is 0.653. The van der Waals surface area contributed by atoms with Crippen molar-refractivity contribution in [3.8, 4) is 5.69 Å². The number of nitrogens with one attached hydrogen (secondary N) is 2. The number of rotatable bonds is 3. The number of anilines is 2. The lowest BCUT2D eigenvalue weighted by Gasteiger charge is -2.14. The summed E-state index contributed by atoms with van der Waals surface area (Å²) in [5, 5.41) is 10.7. The first kappa shape index (κ1) is 18.3. The molecule has 0 spiro atoms. The molecule has 4 rings (SSSR count). The van der Waals surface area contributed by atoms with Crippen molar-refractivity contribution in [1.82, 2.24) is 9.78 Å². The van der Waals surface area contributed by atoms with Gasteiger partial charge in [-0.2, -0.15) is 5.10 Å². The number of hydrogen-bond donors (Lipinski definition) is 2. The molecule has 2 aromatic carbocycles.